The third-order valence-corrected chi connectivity index (χ3v) is 5.52. The number of Topliss-reactive ketones (excluding diaryl/α,β-unsaturated/α-hetero) is 2. The van der Waals surface area contributed by atoms with Gasteiger partial charge in [-0.1, -0.05) is 12.1 Å². The zero-order valence-corrected chi connectivity index (χ0v) is 16.5. The largest absolute Gasteiger partial charge is 0.458 e. The summed E-state index contributed by atoms with van der Waals surface area (Å²) in [5.74, 6) is -2.53. The molecule has 4 rings (SSSR count). The SMILES string of the molecule is O=C1C(=O)N(CCN2CCOCC2)CC1C(=O)c1ccc(Cc2ccc(F)cc2)o1. The summed E-state index contributed by atoms with van der Waals surface area (Å²) in [5.41, 5.74) is 0.839. The van der Waals surface area contributed by atoms with Crippen LogP contribution in [0.2, 0.25) is 0 Å². The van der Waals surface area contributed by atoms with Gasteiger partial charge >= 0.3 is 0 Å². The van der Waals surface area contributed by atoms with Crippen molar-refractivity contribution < 1.29 is 27.9 Å². The van der Waals surface area contributed by atoms with Crippen molar-refractivity contribution >= 4 is 17.5 Å². The molecule has 158 valence electrons. The maximum Gasteiger partial charge on any atom is 0.290 e. The number of ether oxygens (including phenoxy) is 1. The molecular weight excluding hydrogens is 391 g/mol. The number of carbonyl (C=O) groups excluding carboxylic acids is 3. The van der Waals surface area contributed by atoms with Crippen molar-refractivity contribution in [3.05, 3.63) is 59.3 Å². The van der Waals surface area contributed by atoms with E-state index in [1.54, 1.807) is 18.2 Å². The number of amides is 1. The van der Waals surface area contributed by atoms with Crippen LogP contribution in [0.3, 0.4) is 0 Å². The zero-order valence-electron chi connectivity index (χ0n) is 16.5. The van der Waals surface area contributed by atoms with Crippen molar-refractivity contribution in [3.8, 4) is 0 Å². The second-order valence-electron chi connectivity index (χ2n) is 7.56. The molecule has 1 atom stereocenters. The molecule has 0 saturated carbocycles. The van der Waals surface area contributed by atoms with E-state index in [0.717, 1.165) is 18.7 Å². The Labute approximate surface area is 173 Å². The quantitative estimate of drug-likeness (QED) is 0.389. The normalized spacial score (nSPS) is 20.2. The summed E-state index contributed by atoms with van der Waals surface area (Å²) in [7, 11) is 0. The Morgan fingerprint density at radius 3 is 2.50 bits per heavy atom. The van der Waals surface area contributed by atoms with Gasteiger partial charge in [-0.3, -0.25) is 19.3 Å². The lowest BCUT2D eigenvalue weighted by Crippen LogP contribution is -2.42. The summed E-state index contributed by atoms with van der Waals surface area (Å²) >= 11 is 0. The fraction of sp³-hybridized carbons (Fsp3) is 0.409. The lowest BCUT2D eigenvalue weighted by molar-refractivity contribution is -0.140. The van der Waals surface area contributed by atoms with Gasteiger partial charge in [0.1, 0.15) is 17.5 Å². The van der Waals surface area contributed by atoms with Crippen molar-refractivity contribution in [2.24, 2.45) is 5.92 Å². The molecule has 2 fully saturated rings. The molecule has 7 nitrogen and oxygen atoms in total. The van der Waals surface area contributed by atoms with Gasteiger partial charge in [0, 0.05) is 39.1 Å². The van der Waals surface area contributed by atoms with E-state index in [1.807, 2.05) is 0 Å². The molecule has 0 aliphatic carbocycles. The van der Waals surface area contributed by atoms with Crippen LogP contribution in [0.4, 0.5) is 4.39 Å². The number of benzene rings is 1. The van der Waals surface area contributed by atoms with Crippen molar-refractivity contribution in [2.75, 3.05) is 45.9 Å². The van der Waals surface area contributed by atoms with Gasteiger partial charge in [0.2, 0.25) is 11.6 Å². The molecule has 0 N–H and O–H groups in total. The Morgan fingerprint density at radius 1 is 1.03 bits per heavy atom. The van der Waals surface area contributed by atoms with E-state index in [0.29, 0.717) is 38.5 Å². The van der Waals surface area contributed by atoms with Crippen LogP contribution >= 0.6 is 0 Å². The van der Waals surface area contributed by atoms with Gasteiger partial charge < -0.3 is 14.1 Å². The average molecular weight is 414 g/mol. The first-order chi connectivity index (χ1) is 14.5. The lowest BCUT2D eigenvalue weighted by atomic mass is 10.0. The number of furan rings is 1. The van der Waals surface area contributed by atoms with Crippen LogP contribution in [0.25, 0.3) is 0 Å². The van der Waals surface area contributed by atoms with Crippen LogP contribution in [0, 0.1) is 11.7 Å². The maximum atomic E-state index is 13.0. The summed E-state index contributed by atoms with van der Waals surface area (Å²) in [4.78, 5) is 41.1. The molecule has 2 aliphatic rings. The lowest BCUT2D eigenvalue weighted by Gasteiger charge is -2.28. The number of hydrogen-bond acceptors (Lipinski definition) is 6. The van der Waals surface area contributed by atoms with E-state index >= 15 is 0 Å². The molecule has 8 heteroatoms. The van der Waals surface area contributed by atoms with Crippen LogP contribution in [-0.4, -0.2) is 73.2 Å². The van der Waals surface area contributed by atoms with Crippen LogP contribution in [0.1, 0.15) is 21.9 Å². The molecule has 2 aromatic rings. The van der Waals surface area contributed by atoms with Crippen molar-refractivity contribution in [3.63, 3.8) is 0 Å². The van der Waals surface area contributed by atoms with E-state index in [-0.39, 0.29) is 18.1 Å². The van der Waals surface area contributed by atoms with Crippen LogP contribution in [0.15, 0.2) is 40.8 Å². The Balaban J connectivity index is 1.36. The predicted molar refractivity (Wildman–Crippen MR) is 105 cm³/mol. The monoisotopic (exact) mass is 414 g/mol. The van der Waals surface area contributed by atoms with Crippen molar-refractivity contribution in [1.82, 2.24) is 9.80 Å². The fourth-order valence-electron chi connectivity index (χ4n) is 3.75. The van der Waals surface area contributed by atoms with Gasteiger partial charge in [0.15, 0.2) is 5.76 Å². The number of ketones is 2. The van der Waals surface area contributed by atoms with Crippen molar-refractivity contribution in [1.29, 1.82) is 0 Å². The molecule has 1 unspecified atom stereocenters. The topological polar surface area (TPSA) is 80.1 Å². The van der Waals surface area contributed by atoms with Crippen LogP contribution in [0.5, 0.6) is 0 Å². The zero-order chi connectivity index (χ0) is 21.1. The average Bonchev–Trinajstić information content (AvgIpc) is 3.34. The van der Waals surface area contributed by atoms with Crippen LogP contribution in [-0.2, 0) is 20.7 Å². The molecule has 1 aromatic carbocycles. The summed E-state index contributed by atoms with van der Waals surface area (Å²) in [6.45, 7) is 4.03. The van der Waals surface area contributed by atoms with E-state index in [9.17, 15) is 18.8 Å². The smallest absolute Gasteiger partial charge is 0.290 e. The molecule has 1 aromatic heterocycles. The number of nitrogens with zero attached hydrogens (tertiary/aromatic N) is 2. The standard InChI is InChI=1S/C22H23FN2O5/c23-16-3-1-15(2-4-16)13-17-5-6-19(30-17)20(26)18-14-25(22(28)21(18)27)8-7-24-9-11-29-12-10-24/h1-6,18H,7-14H2. The number of likely N-dealkylation sites (tertiary alicyclic amines) is 1. The third kappa shape index (κ3) is 4.49. The van der Waals surface area contributed by atoms with Crippen molar-refractivity contribution in [2.45, 2.75) is 6.42 Å². The first kappa shape index (κ1) is 20.4. The molecule has 0 bridgehead atoms. The van der Waals surface area contributed by atoms with E-state index < -0.39 is 23.4 Å². The first-order valence-corrected chi connectivity index (χ1v) is 10.0. The molecule has 0 radical (unpaired) electrons. The molecule has 1 amide bonds. The minimum absolute atomic E-state index is 0.0632. The minimum Gasteiger partial charge on any atom is -0.458 e. The number of hydrogen-bond donors (Lipinski definition) is 0. The van der Waals surface area contributed by atoms with E-state index in [4.69, 9.17) is 9.15 Å². The van der Waals surface area contributed by atoms with Gasteiger partial charge in [-0.15, -0.1) is 0 Å². The summed E-state index contributed by atoms with van der Waals surface area (Å²) in [6.07, 6.45) is 0.400. The third-order valence-electron chi connectivity index (χ3n) is 5.52. The number of rotatable bonds is 7. The number of carbonyl (C=O) groups is 3. The predicted octanol–water partition coefficient (Wildman–Crippen LogP) is 1.55. The maximum absolute atomic E-state index is 13.0. The highest BCUT2D eigenvalue weighted by Gasteiger charge is 2.44. The highest BCUT2D eigenvalue weighted by molar-refractivity contribution is 6.43. The fourth-order valence-corrected chi connectivity index (χ4v) is 3.75. The number of halogens is 1. The summed E-state index contributed by atoms with van der Waals surface area (Å²) in [6, 6.07) is 9.19. The van der Waals surface area contributed by atoms with Gasteiger partial charge in [-0.25, -0.2) is 4.39 Å². The Bertz CT molecular complexity index is 933. The molecule has 0 spiro atoms. The van der Waals surface area contributed by atoms with Gasteiger partial charge in [0.25, 0.3) is 5.91 Å². The minimum atomic E-state index is -1.04. The summed E-state index contributed by atoms with van der Waals surface area (Å²) in [5, 5.41) is 0. The second-order valence-corrected chi connectivity index (χ2v) is 7.56. The molecule has 2 aliphatic heterocycles. The molecule has 2 saturated heterocycles. The van der Waals surface area contributed by atoms with E-state index in [2.05, 4.69) is 4.90 Å². The Morgan fingerprint density at radius 2 is 1.77 bits per heavy atom. The summed E-state index contributed by atoms with van der Waals surface area (Å²) < 4.78 is 24.0. The van der Waals surface area contributed by atoms with Gasteiger partial charge in [0.05, 0.1) is 13.2 Å². The Kier molecular flexibility index (Phi) is 6.06. The van der Waals surface area contributed by atoms with Gasteiger partial charge in [-0.2, -0.15) is 0 Å². The second kappa shape index (κ2) is 8.89. The Hall–Kier alpha value is -2.84. The highest BCUT2D eigenvalue weighted by atomic mass is 19.1. The first-order valence-electron chi connectivity index (χ1n) is 10.0. The molecular formula is C22H23FN2O5. The number of morpholine rings is 1. The molecule has 30 heavy (non-hydrogen) atoms. The molecule has 3 heterocycles. The van der Waals surface area contributed by atoms with Gasteiger partial charge in [-0.05, 0) is 29.8 Å². The van der Waals surface area contributed by atoms with Crippen LogP contribution < -0.4 is 0 Å². The van der Waals surface area contributed by atoms with E-state index in [1.165, 1.54) is 23.1 Å². The highest BCUT2D eigenvalue weighted by Crippen LogP contribution is 2.22.